The lowest BCUT2D eigenvalue weighted by Crippen LogP contribution is -2.34. The Balaban J connectivity index is 2.05. The lowest BCUT2D eigenvalue weighted by Gasteiger charge is -2.41. The van der Waals surface area contributed by atoms with Crippen LogP contribution in [0.5, 0.6) is 5.75 Å². The summed E-state index contributed by atoms with van der Waals surface area (Å²) >= 11 is 0. The quantitative estimate of drug-likeness (QED) is 0.715. The second kappa shape index (κ2) is 6.56. The van der Waals surface area contributed by atoms with E-state index in [0.29, 0.717) is 0 Å². The van der Waals surface area contributed by atoms with Crippen LogP contribution in [-0.2, 0) is 5.41 Å². The maximum absolute atomic E-state index is 5.33. The third-order valence-corrected chi connectivity index (χ3v) is 5.48. The highest BCUT2D eigenvalue weighted by atomic mass is 16.5. The van der Waals surface area contributed by atoms with Gasteiger partial charge in [0.15, 0.2) is 0 Å². The Hall–Kier alpha value is -1.76. The highest BCUT2D eigenvalue weighted by Crippen LogP contribution is 2.45. The van der Waals surface area contributed by atoms with Crippen LogP contribution in [0.25, 0.3) is 0 Å². The zero-order valence-electron chi connectivity index (χ0n) is 13.7. The van der Waals surface area contributed by atoms with Gasteiger partial charge in [-0.15, -0.1) is 0 Å². The van der Waals surface area contributed by atoms with Gasteiger partial charge in [0, 0.05) is 5.41 Å². The number of methoxy groups -OCH3 is 1. The molecule has 0 radical (unpaired) electrons. The first-order valence-electron chi connectivity index (χ1n) is 8.45. The average molecular weight is 294 g/mol. The zero-order chi connectivity index (χ0) is 15.4. The molecule has 1 nitrogen and oxygen atoms in total. The van der Waals surface area contributed by atoms with Gasteiger partial charge in [-0.1, -0.05) is 68.7 Å². The third kappa shape index (κ3) is 2.77. The minimum absolute atomic E-state index is 0.0912. The molecule has 2 aromatic rings. The fourth-order valence-electron chi connectivity index (χ4n) is 4.04. The molecule has 1 heteroatoms. The van der Waals surface area contributed by atoms with E-state index in [9.17, 15) is 0 Å². The maximum Gasteiger partial charge on any atom is 0.118 e. The molecular formula is C21H26O. The highest BCUT2D eigenvalue weighted by molar-refractivity contribution is 5.41. The van der Waals surface area contributed by atoms with E-state index in [1.54, 1.807) is 7.11 Å². The van der Waals surface area contributed by atoms with Crippen LogP contribution in [0.1, 0.15) is 50.2 Å². The van der Waals surface area contributed by atoms with E-state index in [2.05, 4.69) is 61.5 Å². The molecule has 1 unspecified atom stereocenters. The van der Waals surface area contributed by atoms with Crippen molar-refractivity contribution in [2.75, 3.05) is 7.11 Å². The summed E-state index contributed by atoms with van der Waals surface area (Å²) in [5.74, 6) is 1.65. The minimum Gasteiger partial charge on any atom is -0.497 e. The van der Waals surface area contributed by atoms with Crippen LogP contribution in [0.3, 0.4) is 0 Å². The summed E-state index contributed by atoms with van der Waals surface area (Å²) in [6.07, 6.45) is 6.78. The van der Waals surface area contributed by atoms with Gasteiger partial charge in [-0.3, -0.25) is 0 Å². The van der Waals surface area contributed by atoms with Crippen molar-refractivity contribution in [3.05, 3.63) is 65.7 Å². The number of ether oxygens (including phenoxy) is 1. The van der Waals surface area contributed by atoms with E-state index >= 15 is 0 Å². The average Bonchev–Trinajstić information content (AvgIpc) is 2.62. The summed E-state index contributed by atoms with van der Waals surface area (Å²) in [5, 5.41) is 0. The van der Waals surface area contributed by atoms with Crippen molar-refractivity contribution in [1.82, 2.24) is 0 Å². The van der Waals surface area contributed by atoms with Crippen LogP contribution >= 0.6 is 0 Å². The van der Waals surface area contributed by atoms with Gasteiger partial charge in [0.1, 0.15) is 5.75 Å². The lowest BCUT2D eigenvalue weighted by molar-refractivity contribution is 0.254. The Labute approximate surface area is 134 Å². The Morgan fingerprint density at radius 3 is 2.00 bits per heavy atom. The molecule has 0 amide bonds. The normalized spacial score (nSPS) is 18.6. The maximum atomic E-state index is 5.33. The van der Waals surface area contributed by atoms with Crippen LogP contribution in [0.15, 0.2) is 54.6 Å². The fourth-order valence-corrected chi connectivity index (χ4v) is 4.04. The molecule has 0 bridgehead atoms. The second-order valence-electron chi connectivity index (χ2n) is 6.63. The van der Waals surface area contributed by atoms with E-state index in [-0.39, 0.29) is 5.41 Å². The molecule has 1 aliphatic carbocycles. The predicted molar refractivity (Wildman–Crippen MR) is 92.5 cm³/mol. The van der Waals surface area contributed by atoms with Gasteiger partial charge in [0.25, 0.3) is 0 Å². The van der Waals surface area contributed by atoms with Crippen molar-refractivity contribution in [2.24, 2.45) is 5.92 Å². The monoisotopic (exact) mass is 294 g/mol. The second-order valence-corrected chi connectivity index (χ2v) is 6.63. The van der Waals surface area contributed by atoms with Crippen molar-refractivity contribution in [1.29, 1.82) is 0 Å². The van der Waals surface area contributed by atoms with Gasteiger partial charge in [0.2, 0.25) is 0 Å². The SMILES string of the molecule is COc1ccc(C(C)(c2ccccc2)C2CCCCC2)cc1. The van der Waals surface area contributed by atoms with Crippen molar-refractivity contribution >= 4 is 0 Å². The third-order valence-electron chi connectivity index (χ3n) is 5.48. The summed E-state index contributed by atoms with van der Waals surface area (Å²) in [6, 6.07) is 19.7. The summed E-state index contributed by atoms with van der Waals surface area (Å²) < 4.78 is 5.33. The Morgan fingerprint density at radius 2 is 1.41 bits per heavy atom. The molecule has 0 aliphatic heterocycles. The molecule has 1 atom stereocenters. The Bertz CT molecular complexity index is 581. The topological polar surface area (TPSA) is 9.23 Å². The molecule has 0 spiro atoms. The van der Waals surface area contributed by atoms with Gasteiger partial charge >= 0.3 is 0 Å². The molecule has 0 saturated heterocycles. The van der Waals surface area contributed by atoms with Crippen LogP contribution in [0, 0.1) is 5.92 Å². The van der Waals surface area contributed by atoms with E-state index in [0.717, 1.165) is 11.7 Å². The molecule has 0 heterocycles. The minimum atomic E-state index is 0.0912. The standard InChI is InChI=1S/C21H26O/c1-21(17-9-5-3-6-10-17,18-11-7-4-8-12-18)19-13-15-20(22-2)16-14-19/h3,5-6,9-10,13-16,18H,4,7-8,11-12H2,1-2H3. The van der Waals surface area contributed by atoms with Crippen molar-refractivity contribution in [2.45, 2.75) is 44.4 Å². The fraction of sp³-hybridized carbons (Fsp3) is 0.429. The van der Waals surface area contributed by atoms with Crippen LogP contribution in [-0.4, -0.2) is 7.11 Å². The number of benzene rings is 2. The van der Waals surface area contributed by atoms with Gasteiger partial charge in [0.05, 0.1) is 7.11 Å². The molecule has 1 fully saturated rings. The van der Waals surface area contributed by atoms with Crippen LogP contribution in [0.2, 0.25) is 0 Å². The largest absolute Gasteiger partial charge is 0.497 e. The molecule has 3 rings (SSSR count). The number of hydrogen-bond donors (Lipinski definition) is 0. The number of rotatable bonds is 4. The van der Waals surface area contributed by atoms with Crippen LogP contribution in [0.4, 0.5) is 0 Å². The Morgan fingerprint density at radius 1 is 0.818 bits per heavy atom. The van der Waals surface area contributed by atoms with E-state index in [1.807, 2.05) is 0 Å². The smallest absolute Gasteiger partial charge is 0.118 e. The molecule has 1 aliphatic rings. The van der Waals surface area contributed by atoms with Gasteiger partial charge in [-0.2, -0.15) is 0 Å². The summed E-state index contributed by atoms with van der Waals surface area (Å²) in [5.41, 5.74) is 2.94. The van der Waals surface area contributed by atoms with Gasteiger partial charge in [-0.05, 0) is 42.0 Å². The van der Waals surface area contributed by atoms with E-state index in [1.165, 1.54) is 43.2 Å². The summed E-state index contributed by atoms with van der Waals surface area (Å²) in [7, 11) is 1.73. The highest BCUT2D eigenvalue weighted by Gasteiger charge is 2.37. The molecule has 2 aromatic carbocycles. The Kier molecular flexibility index (Phi) is 4.52. The summed E-state index contributed by atoms with van der Waals surface area (Å²) in [6.45, 7) is 2.43. The zero-order valence-corrected chi connectivity index (χ0v) is 13.7. The van der Waals surface area contributed by atoms with Crippen molar-refractivity contribution in [3.63, 3.8) is 0 Å². The van der Waals surface area contributed by atoms with E-state index in [4.69, 9.17) is 4.74 Å². The van der Waals surface area contributed by atoms with Crippen molar-refractivity contribution < 1.29 is 4.74 Å². The van der Waals surface area contributed by atoms with E-state index < -0.39 is 0 Å². The van der Waals surface area contributed by atoms with Gasteiger partial charge < -0.3 is 4.74 Å². The molecule has 22 heavy (non-hydrogen) atoms. The first-order valence-corrected chi connectivity index (χ1v) is 8.45. The van der Waals surface area contributed by atoms with Crippen molar-refractivity contribution in [3.8, 4) is 5.75 Å². The molecule has 1 saturated carbocycles. The molecule has 0 N–H and O–H groups in total. The molecule has 0 aromatic heterocycles. The number of hydrogen-bond acceptors (Lipinski definition) is 1. The molecular weight excluding hydrogens is 268 g/mol. The lowest BCUT2D eigenvalue weighted by atomic mass is 9.63. The van der Waals surface area contributed by atoms with Gasteiger partial charge in [-0.25, -0.2) is 0 Å². The molecule has 116 valence electrons. The first-order chi connectivity index (χ1) is 10.7. The predicted octanol–water partition coefficient (Wildman–Crippen LogP) is 5.58. The summed E-state index contributed by atoms with van der Waals surface area (Å²) in [4.78, 5) is 0. The first kappa shape index (κ1) is 15.1. The van der Waals surface area contributed by atoms with Crippen LogP contribution < -0.4 is 4.74 Å².